The molecule has 0 radical (unpaired) electrons. The maximum Gasteiger partial charge on any atom is 0.142 e. The minimum Gasteiger partial charge on any atom is -0.391 e. The van der Waals surface area contributed by atoms with Crippen LogP contribution in [0.25, 0.3) is 0 Å². The van der Waals surface area contributed by atoms with Crippen molar-refractivity contribution < 1.29 is 9.23 Å². The molecule has 3 fully saturated rings. The lowest BCUT2D eigenvalue weighted by Gasteiger charge is -2.39. The summed E-state index contributed by atoms with van der Waals surface area (Å²) in [5.74, 6) is 0.394. The molecule has 2 bridgehead atoms. The highest BCUT2D eigenvalue weighted by atomic mass is 19.1. The molecule has 0 aliphatic carbocycles. The van der Waals surface area contributed by atoms with Gasteiger partial charge in [0, 0.05) is 12.5 Å². The van der Waals surface area contributed by atoms with Crippen molar-refractivity contribution in [3.8, 4) is 0 Å². The molecule has 0 spiro atoms. The van der Waals surface area contributed by atoms with Crippen LogP contribution >= 0.6 is 0 Å². The standard InChI is InChI=1S/C14H17FN2O/c15-13-3-1-11(2-4-13)10-18-16-14-9-17-7-5-12(14)6-8-17/h1-4,12H,5-10H2/b16-14+. The molecule has 0 aromatic heterocycles. The molecule has 0 atom stereocenters. The van der Waals surface area contributed by atoms with Crippen molar-refractivity contribution in [2.24, 2.45) is 11.1 Å². The van der Waals surface area contributed by atoms with Crippen LogP contribution in [0.1, 0.15) is 18.4 Å². The van der Waals surface area contributed by atoms with Gasteiger partial charge in [-0.3, -0.25) is 4.90 Å². The van der Waals surface area contributed by atoms with Gasteiger partial charge in [0.2, 0.25) is 0 Å². The van der Waals surface area contributed by atoms with Crippen LogP contribution in [0.2, 0.25) is 0 Å². The Hall–Kier alpha value is -1.42. The van der Waals surface area contributed by atoms with Gasteiger partial charge >= 0.3 is 0 Å². The zero-order valence-electron chi connectivity index (χ0n) is 10.3. The third kappa shape index (κ3) is 2.53. The lowest BCUT2D eigenvalue weighted by atomic mass is 9.87. The minimum atomic E-state index is -0.220. The molecular weight excluding hydrogens is 231 g/mol. The Morgan fingerprint density at radius 3 is 2.56 bits per heavy atom. The fraction of sp³-hybridized carbons (Fsp3) is 0.500. The molecule has 18 heavy (non-hydrogen) atoms. The Morgan fingerprint density at radius 1 is 1.22 bits per heavy atom. The Bertz CT molecular complexity index is 436. The van der Waals surface area contributed by atoms with Gasteiger partial charge in [0.1, 0.15) is 12.4 Å². The number of benzene rings is 1. The van der Waals surface area contributed by atoms with E-state index in [1.54, 1.807) is 12.1 Å². The maximum atomic E-state index is 12.7. The van der Waals surface area contributed by atoms with Crippen LogP contribution < -0.4 is 0 Å². The first-order valence-corrected chi connectivity index (χ1v) is 6.47. The lowest BCUT2D eigenvalue weighted by Crippen LogP contribution is -2.47. The van der Waals surface area contributed by atoms with E-state index in [-0.39, 0.29) is 5.82 Å². The highest BCUT2D eigenvalue weighted by Crippen LogP contribution is 2.25. The number of halogens is 1. The monoisotopic (exact) mass is 248 g/mol. The average Bonchev–Trinajstić information content (AvgIpc) is 2.42. The summed E-state index contributed by atoms with van der Waals surface area (Å²) in [5, 5.41) is 4.26. The second-order valence-corrected chi connectivity index (χ2v) is 5.03. The molecule has 3 aliphatic heterocycles. The average molecular weight is 248 g/mol. The number of hydrogen-bond acceptors (Lipinski definition) is 3. The molecule has 0 unspecified atom stereocenters. The normalized spacial score (nSPS) is 28.6. The van der Waals surface area contributed by atoms with Crippen LogP contribution in [-0.4, -0.2) is 30.2 Å². The van der Waals surface area contributed by atoms with Gasteiger partial charge in [0.05, 0.1) is 5.71 Å². The summed E-state index contributed by atoms with van der Waals surface area (Å²) in [5.41, 5.74) is 2.12. The van der Waals surface area contributed by atoms with Gasteiger partial charge in [-0.1, -0.05) is 17.3 Å². The maximum absolute atomic E-state index is 12.7. The Morgan fingerprint density at radius 2 is 1.94 bits per heavy atom. The van der Waals surface area contributed by atoms with Crippen LogP contribution in [0.5, 0.6) is 0 Å². The second-order valence-electron chi connectivity index (χ2n) is 5.03. The van der Waals surface area contributed by atoms with Crippen molar-refractivity contribution in [3.05, 3.63) is 35.6 Å². The number of nitrogens with zero attached hydrogens (tertiary/aromatic N) is 2. The fourth-order valence-electron chi connectivity index (χ4n) is 2.66. The van der Waals surface area contributed by atoms with Crippen molar-refractivity contribution in [3.63, 3.8) is 0 Å². The lowest BCUT2D eigenvalue weighted by molar-refractivity contribution is 0.118. The largest absolute Gasteiger partial charge is 0.391 e. The van der Waals surface area contributed by atoms with Gasteiger partial charge in [0.25, 0.3) is 0 Å². The van der Waals surface area contributed by atoms with E-state index in [9.17, 15) is 4.39 Å². The summed E-state index contributed by atoms with van der Waals surface area (Å²) in [6.07, 6.45) is 2.41. The fourth-order valence-corrected chi connectivity index (χ4v) is 2.66. The van der Waals surface area contributed by atoms with E-state index in [2.05, 4.69) is 10.1 Å². The number of piperidine rings is 3. The molecule has 3 saturated heterocycles. The topological polar surface area (TPSA) is 24.8 Å². The van der Waals surface area contributed by atoms with E-state index in [4.69, 9.17) is 4.84 Å². The smallest absolute Gasteiger partial charge is 0.142 e. The third-order valence-electron chi connectivity index (χ3n) is 3.77. The zero-order valence-corrected chi connectivity index (χ0v) is 10.3. The Labute approximate surface area is 106 Å². The van der Waals surface area contributed by atoms with E-state index in [1.807, 2.05) is 0 Å². The second kappa shape index (κ2) is 5.06. The molecule has 1 aromatic rings. The van der Waals surface area contributed by atoms with Gasteiger partial charge in [0.15, 0.2) is 0 Å². The molecule has 0 amide bonds. The minimum absolute atomic E-state index is 0.220. The Kier molecular flexibility index (Phi) is 3.28. The van der Waals surface area contributed by atoms with Crippen LogP contribution in [0.15, 0.2) is 29.4 Å². The zero-order chi connectivity index (χ0) is 12.4. The van der Waals surface area contributed by atoms with Crippen molar-refractivity contribution in [1.29, 1.82) is 0 Å². The predicted octanol–water partition coefficient (Wildman–Crippen LogP) is 2.42. The van der Waals surface area contributed by atoms with Crippen molar-refractivity contribution in [2.75, 3.05) is 19.6 Å². The van der Waals surface area contributed by atoms with Crippen LogP contribution in [0, 0.1) is 11.7 Å². The molecular formula is C14H17FN2O. The van der Waals surface area contributed by atoms with Crippen molar-refractivity contribution in [2.45, 2.75) is 19.4 Å². The first-order chi connectivity index (χ1) is 8.81. The molecule has 96 valence electrons. The van der Waals surface area contributed by atoms with E-state index < -0.39 is 0 Å². The molecule has 0 N–H and O–H groups in total. The first-order valence-electron chi connectivity index (χ1n) is 6.47. The summed E-state index contributed by atoms with van der Waals surface area (Å²) in [4.78, 5) is 7.81. The predicted molar refractivity (Wildman–Crippen MR) is 67.8 cm³/mol. The highest BCUT2D eigenvalue weighted by Gasteiger charge is 2.31. The number of oxime groups is 1. The number of hydrogen-bond donors (Lipinski definition) is 0. The van der Waals surface area contributed by atoms with Crippen molar-refractivity contribution >= 4 is 5.71 Å². The van der Waals surface area contributed by atoms with Gasteiger partial charge in [-0.25, -0.2) is 4.39 Å². The van der Waals surface area contributed by atoms with E-state index in [0.29, 0.717) is 12.5 Å². The van der Waals surface area contributed by atoms with Crippen LogP contribution in [0.4, 0.5) is 4.39 Å². The van der Waals surface area contributed by atoms with E-state index in [1.165, 1.54) is 43.8 Å². The van der Waals surface area contributed by atoms with E-state index >= 15 is 0 Å². The van der Waals surface area contributed by atoms with Crippen LogP contribution in [-0.2, 0) is 11.4 Å². The van der Waals surface area contributed by atoms with E-state index in [0.717, 1.165) is 12.1 Å². The van der Waals surface area contributed by atoms with Gasteiger partial charge in [-0.15, -0.1) is 0 Å². The molecule has 3 heterocycles. The quantitative estimate of drug-likeness (QED) is 0.767. The number of rotatable bonds is 3. The summed E-state index contributed by atoms with van der Waals surface area (Å²) in [6, 6.07) is 6.35. The van der Waals surface area contributed by atoms with Gasteiger partial charge in [-0.2, -0.15) is 0 Å². The molecule has 3 aliphatic rings. The molecule has 4 heteroatoms. The Balaban J connectivity index is 1.56. The van der Waals surface area contributed by atoms with Crippen LogP contribution in [0.3, 0.4) is 0 Å². The number of fused-ring (bicyclic) bond motifs is 3. The molecule has 0 saturated carbocycles. The molecule has 4 rings (SSSR count). The highest BCUT2D eigenvalue weighted by molar-refractivity contribution is 5.89. The molecule has 1 aromatic carbocycles. The van der Waals surface area contributed by atoms with Gasteiger partial charge in [-0.05, 0) is 43.6 Å². The summed E-state index contributed by atoms with van der Waals surface area (Å²) >= 11 is 0. The SMILES string of the molecule is Fc1ccc(CO/N=C2\CN3CCC2CC3)cc1. The first kappa shape index (κ1) is 11.7. The third-order valence-corrected chi connectivity index (χ3v) is 3.77. The summed E-state index contributed by atoms with van der Waals surface area (Å²) < 4.78 is 12.7. The summed E-state index contributed by atoms with van der Waals surface area (Å²) in [7, 11) is 0. The summed E-state index contributed by atoms with van der Waals surface area (Å²) in [6.45, 7) is 3.76. The molecule has 3 nitrogen and oxygen atoms in total. The van der Waals surface area contributed by atoms with Gasteiger partial charge < -0.3 is 4.84 Å². The van der Waals surface area contributed by atoms with Crippen molar-refractivity contribution in [1.82, 2.24) is 4.90 Å².